The minimum atomic E-state index is -1.01. The average Bonchev–Trinajstić information content (AvgIpc) is 2.96. The summed E-state index contributed by atoms with van der Waals surface area (Å²) in [5.74, 6) is 1.63. The van der Waals surface area contributed by atoms with Crippen molar-refractivity contribution in [1.82, 2.24) is 10.3 Å². The van der Waals surface area contributed by atoms with Gasteiger partial charge in [-0.3, -0.25) is 9.78 Å². The van der Waals surface area contributed by atoms with Gasteiger partial charge in [-0.15, -0.1) is 0 Å². The van der Waals surface area contributed by atoms with Crippen molar-refractivity contribution in [3.63, 3.8) is 0 Å². The first-order valence-corrected chi connectivity index (χ1v) is 7.53. The van der Waals surface area contributed by atoms with Gasteiger partial charge >= 0.3 is 5.97 Å². The van der Waals surface area contributed by atoms with E-state index in [9.17, 15) is 9.59 Å². The van der Waals surface area contributed by atoms with E-state index in [1.54, 1.807) is 12.1 Å². The van der Waals surface area contributed by atoms with Crippen LogP contribution >= 0.6 is 11.8 Å². The second-order valence-electron chi connectivity index (χ2n) is 4.59. The SMILES string of the molecule is O=C(O)/C=C/c1ccc(C(=O)NCC2CCSC2)nc1. The fourth-order valence-electron chi connectivity index (χ4n) is 1.88. The van der Waals surface area contributed by atoms with Gasteiger partial charge in [0.05, 0.1) is 0 Å². The Morgan fingerprint density at radius 2 is 2.35 bits per heavy atom. The Morgan fingerprint density at radius 1 is 1.50 bits per heavy atom. The van der Waals surface area contributed by atoms with Gasteiger partial charge in [-0.25, -0.2) is 4.79 Å². The third-order valence-electron chi connectivity index (χ3n) is 3.01. The molecule has 1 aromatic rings. The molecule has 1 saturated heterocycles. The van der Waals surface area contributed by atoms with Crippen LogP contribution in [0.4, 0.5) is 0 Å². The van der Waals surface area contributed by atoms with Gasteiger partial charge in [-0.2, -0.15) is 11.8 Å². The van der Waals surface area contributed by atoms with Crippen molar-refractivity contribution in [2.24, 2.45) is 5.92 Å². The van der Waals surface area contributed by atoms with Gasteiger partial charge < -0.3 is 10.4 Å². The molecule has 1 amide bonds. The summed E-state index contributed by atoms with van der Waals surface area (Å²) < 4.78 is 0. The van der Waals surface area contributed by atoms with Crippen molar-refractivity contribution < 1.29 is 14.7 Å². The molecule has 0 aromatic carbocycles. The second-order valence-corrected chi connectivity index (χ2v) is 5.74. The van der Waals surface area contributed by atoms with E-state index < -0.39 is 5.97 Å². The first kappa shape index (κ1) is 14.6. The first-order valence-electron chi connectivity index (χ1n) is 6.38. The fraction of sp³-hybridized carbons (Fsp3) is 0.357. The van der Waals surface area contributed by atoms with Crippen LogP contribution < -0.4 is 5.32 Å². The standard InChI is InChI=1S/C14H16N2O3S/c17-13(18)4-2-10-1-3-12(15-7-10)14(19)16-8-11-5-6-20-9-11/h1-4,7,11H,5-6,8-9H2,(H,16,19)(H,17,18)/b4-2+. The largest absolute Gasteiger partial charge is 0.478 e. The monoisotopic (exact) mass is 292 g/mol. The molecule has 2 heterocycles. The van der Waals surface area contributed by atoms with Crippen LogP contribution in [0.25, 0.3) is 6.08 Å². The van der Waals surface area contributed by atoms with Crippen LogP contribution in [0, 0.1) is 5.92 Å². The molecule has 1 atom stereocenters. The Morgan fingerprint density at radius 3 is 2.95 bits per heavy atom. The number of hydrogen-bond donors (Lipinski definition) is 2. The van der Waals surface area contributed by atoms with Gasteiger partial charge in [0.25, 0.3) is 5.91 Å². The molecular weight excluding hydrogens is 276 g/mol. The lowest BCUT2D eigenvalue weighted by atomic mass is 10.1. The Labute approximate surface area is 121 Å². The number of carbonyl (C=O) groups excluding carboxylic acids is 1. The summed E-state index contributed by atoms with van der Waals surface area (Å²) in [5.41, 5.74) is 0.999. The number of rotatable bonds is 5. The molecule has 106 valence electrons. The highest BCUT2D eigenvalue weighted by atomic mass is 32.2. The highest BCUT2D eigenvalue weighted by Gasteiger charge is 2.16. The lowest BCUT2D eigenvalue weighted by molar-refractivity contribution is -0.131. The fourth-order valence-corrected chi connectivity index (χ4v) is 3.16. The molecule has 0 bridgehead atoms. The number of carboxylic acid groups (broad SMARTS) is 1. The van der Waals surface area contributed by atoms with Gasteiger partial charge in [0.1, 0.15) is 5.69 Å². The van der Waals surface area contributed by atoms with Crippen LogP contribution in [0.5, 0.6) is 0 Å². The Balaban J connectivity index is 1.88. The van der Waals surface area contributed by atoms with Crippen LogP contribution in [0.15, 0.2) is 24.4 Å². The highest BCUT2D eigenvalue weighted by Crippen LogP contribution is 2.22. The van der Waals surface area contributed by atoms with E-state index in [2.05, 4.69) is 10.3 Å². The summed E-state index contributed by atoms with van der Waals surface area (Å²) in [5, 5.41) is 11.4. The van der Waals surface area contributed by atoms with Crippen molar-refractivity contribution in [3.05, 3.63) is 35.7 Å². The molecule has 1 aromatic heterocycles. The minimum absolute atomic E-state index is 0.185. The summed E-state index contributed by atoms with van der Waals surface area (Å²) >= 11 is 1.92. The van der Waals surface area contributed by atoms with Gasteiger partial charge in [-0.1, -0.05) is 6.07 Å². The quantitative estimate of drug-likeness (QED) is 0.807. The van der Waals surface area contributed by atoms with Crippen LogP contribution in [-0.2, 0) is 4.79 Å². The molecule has 0 radical (unpaired) electrons. The number of hydrogen-bond acceptors (Lipinski definition) is 4. The summed E-state index contributed by atoms with van der Waals surface area (Å²) in [6, 6.07) is 3.27. The van der Waals surface area contributed by atoms with E-state index >= 15 is 0 Å². The molecule has 6 heteroatoms. The summed E-state index contributed by atoms with van der Waals surface area (Å²) in [7, 11) is 0. The summed E-state index contributed by atoms with van der Waals surface area (Å²) in [6.07, 6.45) is 5.11. The number of carbonyl (C=O) groups is 2. The number of carboxylic acids is 1. The van der Waals surface area contributed by atoms with Crippen molar-refractivity contribution in [2.75, 3.05) is 18.1 Å². The number of pyridine rings is 1. The van der Waals surface area contributed by atoms with E-state index in [0.717, 1.165) is 18.2 Å². The van der Waals surface area contributed by atoms with Crippen LogP contribution in [-0.4, -0.2) is 40.0 Å². The molecule has 2 rings (SSSR count). The number of aromatic nitrogens is 1. The lowest BCUT2D eigenvalue weighted by Gasteiger charge is -2.09. The van der Waals surface area contributed by atoms with E-state index in [1.807, 2.05) is 11.8 Å². The first-order chi connectivity index (χ1) is 9.65. The van der Waals surface area contributed by atoms with Crippen molar-refractivity contribution in [1.29, 1.82) is 0 Å². The zero-order valence-electron chi connectivity index (χ0n) is 10.9. The maximum Gasteiger partial charge on any atom is 0.328 e. The molecule has 0 aliphatic carbocycles. The average molecular weight is 292 g/mol. The van der Waals surface area contributed by atoms with Crippen LogP contribution in [0.1, 0.15) is 22.5 Å². The van der Waals surface area contributed by atoms with Crippen molar-refractivity contribution >= 4 is 29.7 Å². The third-order valence-corrected chi connectivity index (χ3v) is 4.24. The van der Waals surface area contributed by atoms with Crippen LogP contribution in [0.3, 0.4) is 0 Å². The highest BCUT2D eigenvalue weighted by molar-refractivity contribution is 7.99. The minimum Gasteiger partial charge on any atom is -0.478 e. The Kier molecular flexibility index (Phi) is 5.17. The number of nitrogens with one attached hydrogen (secondary N) is 1. The molecule has 0 saturated carbocycles. The Bertz CT molecular complexity index is 508. The van der Waals surface area contributed by atoms with Gasteiger partial charge in [0, 0.05) is 18.8 Å². The van der Waals surface area contributed by atoms with Crippen LogP contribution in [0.2, 0.25) is 0 Å². The Hall–Kier alpha value is -1.82. The zero-order chi connectivity index (χ0) is 14.4. The molecule has 5 nitrogen and oxygen atoms in total. The molecular formula is C14H16N2O3S. The second kappa shape index (κ2) is 7.09. The summed E-state index contributed by atoms with van der Waals surface area (Å²) in [4.78, 5) is 26.3. The van der Waals surface area contributed by atoms with E-state index in [1.165, 1.54) is 18.0 Å². The smallest absolute Gasteiger partial charge is 0.328 e. The maximum absolute atomic E-state index is 11.9. The normalized spacial score (nSPS) is 18.3. The van der Waals surface area contributed by atoms with Crippen molar-refractivity contribution in [3.8, 4) is 0 Å². The van der Waals surface area contributed by atoms with Gasteiger partial charge in [0.15, 0.2) is 0 Å². The molecule has 1 aliphatic rings. The molecule has 1 fully saturated rings. The predicted molar refractivity (Wildman–Crippen MR) is 78.7 cm³/mol. The molecule has 20 heavy (non-hydrogen) atoms. The zero-order valence-corrected chi connectivity index (χ0v) is 11.7. The third kappa shape index (κ3) is 4.38. The number of amides is 1. The molecule has 1 aliphatic heterocycles. The summed E-state index contributed by atoms with van der Waals surface area (Å²) in [6.45, 7) is 0.689. The number of aliphatic carboxylic acids is 1. The maximum atomic E-state index is 11.9. The molecule has 1 unspecified atom stereocenters. The van der Waals surface area contributed by atoms with E-state index in [-0.39, 0.29) is 5.91 Å². The van der Waals surface area contributed by atoms with Gasteiger partial charge in [0.2, 0.25) is 0 Å². The van der Waals surface area contributed by atoms with E-state index in [0.29, 0.717) is 23.7 Å². The topological polar surface area (TPSA) is 79.3 Å². The van der Waals surface area contributed by atoms with Gasteiger partial charge in [-0.05, 0) is 41.6 Å². The van der Waals surface area contributed by atoms with Crippen molar-refractivity contribution in [2.45, 2.75) is 6.42 Å². The molecule has 2 N–H and O–H groups in total. The lowest BCUT2D eigenvalue weighted by Crippen LogP contribution is -2.29. The molecule has 0 spiro atoms. The number of nitrogens with zero attached hydrogens (tertiary/aromatic N) is 1. The predicted octanol–water partition coefficient (Wildman–Crippen LogP) is 1.66. The van der Waals surface area contributed by atoms with E-state index in [4.69, 9.17) is 5.11 Å². The number of thioether (sulfide) groups is 1.